The predicted molar refractivity (Wildman–Crippen MR) is 69.3 cm³/mol. The monoisotopic (exact) mass is 214 g/mol. The molecule has 0 rings (SSSR count). The lowest BCUT2D eigenvalue weighted by Gasteiger charge is -2.29. The van der Waals surface area contributed by atoms with E-state index in [4.69, 9.17) is 0 Å². The van der Waals surface area contributed by atoms with Crippen molar-refractivity contribution >= 4 is 0 Å². The molecule has 0 aromatic heterocycles. The molecule has 0 saturated carbocycles. The Morgan fingerprint density at radius 3 is 2.00 bits per heavy atom. The van der Waals surface area contributed by atoms with E-state index in [0.29, 0.717) is 5.41 Å². The molecule has 0 amide bonds. The van der Waals surface area contributed by atoms with Gasteiger partial charge in [0.15, 0.2) is 0 Å². The number of nitrogens with zero attached hydrogens (tertiary/aromatic N) is 1. The smallest absolute Gasteiger partial charge is 0.0123 e. The van der Waals surface area contributed by atoms with Crippen molar-refractivity contribution in [2.75, 3.05) is 26.7 Å². The fraction of sp³-hybridized carbons (Fsp3) is 1.00. The minimum atomic E-state index is 0.280. The van der Waals surface area contributed by atoms with E-state index in [-0.39, 0.29) is 5.54 Å². The van der Waals surface area contributed by atoms with E-state index >= 15 is 0 Å². The van der Waals surface area contributed by atoms with Crippen molar-refractivity contribution in [2.45, 2.75) is 53.5 Å². The molecule has 0 saturated heterocycles. The first-order valence-corrected chi connectivity index (χ1v) is 6.10. The average Bonchev–Trinajstić information content (AvgIpc) is 2.00. The van der Waals surface area contributed by atoms with Gasteiger partial charge in [0, 0.05) is 25.2 Å². The van der Waals surface area contributed by atoms with Crippen LogP contribution in [0.1, 0.15) is 48.0 Å². The number of nitrogens with one attached hydrogen (secondary N) is 1. The molecule has 1 N–H and O–H groups in total. The van der Waals surface area contributed by atoms with Gasteiger partial charge < -0.3 is 10.2 Å². The average molecular weight is 214 g/mol. The molecule has 0 radical (unpaired) electrons. The molecule has 0 aromatic rings. The maximum atomic E-state index is 3.58. The summed E-state index contributed by atoms with van der Waals surface area (Å²) >= 11 is 0. The molecule has 92 valence electrons. The lowest BCUT2D eigenvalue weighted by Crippen LogP contribution is -2.43. The van der Waals surface area contributed by atoms with Gasteiger partial charge in [0.05, 0.1) is 0 Å². The number of hydrogen-bond acceptors (Lipinski definition) is 2. The fourth-order valence-electron chi connectivity index (χ4n) is 1.60. The Bertz CT molecular complexity index is 168. The van der Waals surface area contributed by atoms with E-state index < -0.39 is 0 Å². The quantitative estimate of drug-likeness (QED) is 0.731. The van der Waals surface area contributed by atoms with Gasteiger partial charge in [-0.2, -0.15) is 0 Å². The van der Waals surface area contributed by atoms with Crippen molar-refractivity contribution < 1.29 is 0 Å². The molecule has 2 nitrogen and oxygen atoms in total. The van der Waals surface area contributed by atoms with Crippen molar-refractivity contribution in [3.8, 4) is 0 Å². The van der Waals surface area contributed by atoms with E-state index in [2.05, 4.69) is 58.8 Å². The molecule has 0 aliphatic carbocycles. The fourth-order valence-corrected chi connectivity index (χ4v) is 1.60. The van der Waals surface area contributed by atoms with E-state index in [1.54, 1.807) is 0 Å². The van der Waals surface area contributed by atoms with Crippen molar-refractivity contribution in [1.82, 2.24) is 10.2 Å². The highest BCUT2D eigenvalue weighted by Gasteiger charge is 2.15. The van der Waals surface area contributed by atoms with Gasteiger partial charge in [0.2, 0.25) is 0 Å². The van der Waals surface area contributed by atoms with Gasteiger partial charge in [-0.3, -0.25) is 0 Å². The molecule has 0 aliphatic rings. The van der Waals surface area contributed by atoms with Crippen LogP contribution in [0.5, 0.6) is 0 Å². The number of likely N-dealkylation sites (N-methyl/N-ethyl adjacent to an activating group) is 1. The molecule has 2 heteroatoms. The van der Waals surface area contributed by atoms with Gasteiger partial charge >= 0.3 is 0 Å². The molecule has 0 unspecified atom stereocenters. The highest BCUT2D eigenvalue weighted by Crippen LogP contribution is 2.13. The molecule has 0 atom stereocenters. The summed E-state index contributed by atoms with van der Waals surface area (Å²) in [5.41, 5.74) is 0.678. The summed E-state index contributed by atoms with van der Waals surface area (Å²) < 4.78 is 0. The molecule has 0 aromatic carbocycles. The van der Waals surface area contributed by atoms with Crippen molar-refractivity contribution in [3.05, 3.63) is 0 Å². The molecule has 15 heavy (non-hydrogen) atoms. The Balaban J connectivity index is 3.69. The van der Waals surface area contributed by atoms with Gasteiger partial charge in [0.25, 0.3) is 0 Å². The van der Waals surface area contributed by atoms with Crippen LogP contribution in [0, 0.1) is 5.41 Å². The van der Waals surface area contributed by atoms with Gasteiger partial charge in [-0.1, -0.05) is 27.7 Å². The minimum Gasteiger partial charge on any atom is -0.311 e. The van der Waals surface area contributed by atoms with Gasteiger partial charge in [-0.05, 0) is 32.7 Å². The lowest BCUT2D eigenvalue weighted by molar-refractivity contribution is 0.219. The van der Waals surface area contributed by atoms with Crippen LogP contribution in [0.25, 0.3) is 0 Å². The summed E-state index contributed by atoms with van der Waals surface area (Å²) in [6.45, 7) is 17.0. The molecule has 0 bridgehead atoms. The van der Waals surface area contributed by atoms with E-state index in [0.717, 1.165) is 19.6 Å². The van der Waals surface area contributed by atoms with Crippen LogP contribution in [0.4, 0.5) is 0 Å². The standard InChI is InChI=1S/C13H30N2/c1-8-13(5,6)14-9-10-15(7)11-12(2,3)4/h14H,8-11H2,1-7H3. The maximum absolute atomic E-state index is 3.58. The third-order valence-corrected chi connectivity index (χ3v) is 2.73. The predicted octanol–water partition coefficient (Wildman–Crippen LogP) is 2.74. The highest BCUT2D eigenvalue weighted by atomic mass is 15.1. The van der Waals surface area contributed by atoms with Crippen molar-refractivity contribution in [3.63, 3.8) is 0 Å². The summed E-state index contributed by atoms with van der Waals surface area (Å²) in [5, 5.41) is 3.58. The Kier molecular flexibility index (Phi) is 5.82. The van der Waals surface area contributed by atoms with E-state index in [9.17, 15) is 0 Å². The molecule has 0 aliphatic heterocycles. The highest BCUT2D eigenvalue weighted by molar-refractivity contribution is 4.76. The Morgan fingerprint density at radius 1 is 1.07 bits per heavy atom. The van der Waals surface area contributed by atoms with Crippen LogP contribution in [-0.4, -0.2) is 37.1 Å². The van der Waals surface area contributed by atoms with Crippen LogP contribution >= 0.6 is 0 Å². The SMILES string of the molecule is CCC(C)(C)NCCN(C)CC(C)(C)C. The van der Waals surface area contributed by atoms with E-state index in [1.807, 2.05) is 0 Å². The first-order chi connectivity index (χ1) is 6.66. The Labute approximate surface area is 96.4 Å². The normalized spacial score (nSPS) is 13.6. The van der Waals surface area contributed by atoms with Gasteiger partial charge in [-0.25, -0.2) is 0 Å². The topological polar surface area (TPSA) is 15.3 Å². The molecule has 0 fully saturated rings. The van der Waals surface area contributed by atoms with Crippen LogP contribution in [0.15, 0.2) is 0 Å². The maximum Gasteiger partial charge on any atom is 0.0123 e. The first kappa shape index (κ1) is 14.9. The molecular weight excluding hydrogens is 184 g/mol. The second-order valence-electron chi connectivity index (χ2n) is 6.46. The Morgan fingerprint density at radius 2 is 1.60 bits per heavy atom. The second kappa shape index (κ2) is 5.86. The largest absolute Gasteiger partial charge is 0.311 e. The van der Waals surface area contributed by atoms with Crippen molar-refractivity contribution in [2.24, 2.45) is 5.41 Å². The number of hydrogen-bond donors (Lipinski definition) is 1. The Hall–Kier alpha value is -0.0800. The third-order valence-electron chi connectivity index (χ3n) is 2.73. The van der Waals surface area contributed by atoms with E-state index in [1.165, 1.54) is 6.42 Å². The zero-order chi connectivity index (χ0) is 12.1. The first-order valence-electron chi connectivity index (χ1n) is 6.10. The third kappa shape index (κ3) is 8.88. The van der Waals surface area contributed by atoms with Crippen LogP contribution in [0.3, 0.4) is 0 Å². The zero-order valence-electron chi connectivity index (χ0n) is 11.8. The van der Waals surface area contributed by atoms with Gasteiger partial charge in [0.1, 0.15) is 0 Å². The van der Waals surface area contributed by atoms with Gasteiger partial charge in [-0.15, -0.1) is 0 Å². The zero-order valence-corrected chi connectivity index (χ0v) is 11.8. The summed E-state index contributed by atoms with van der Waals surface area (Å²) in [7, 11) is 2.20. The van der Waals surface area contributed by atoms with Crippen LogP contribution < -0.4 is 5.32 Å². The lowest BCUT2D eigenvalue weighted by atomic mass is 9.96. The summed E-state index contributed by atoms with van der Waals surface area (Å²) in [6, 6.07) is 0. The number of rotatable bonds is 6. The minimum absolute atomic E-state index is 0.280. The van der Waals surface area contributed by atoms with Crippen molar-refractivity contribution in [1.29, 1.82) is 0 Å². The molecule has 0 heterocycles. The molecule has 0 spiro atoms. The van der Waals surface area contributed by atoms with Crippen LogP contribution in [-0.2, 0) is 0 Å². The summed E-state index contributed by atoms with van der Waals surface area (Å²) in [5.74, 6) is 0. The molecular formula is C13H30N2. The second-order valence-corrected chi connectivity index (χ2v) is 6.46. The summed E-state index contributed by atoms with van der Waals surface area (Å²) in [4.78, 5) is 2.40. The summed E-state index contributed by atoms with van der Waals surface area (Å²) in [6.07, 6.45) is 1.18. The van der Waals surface area contributed by atoms with Crippen LogP contribution in [0.2, 0.25) is 0 Å².